The molecule has 1 atom stereocenters. The Morgan fingerprint density at radius 2 is 2.19 bits per heavy atom. The van der Waals surface area contributed by atoms with Crippen LogP contribution in [0, 0.1) is 0 Å². The summed E-state index contributed by atoms with van der Waals surface area (Å²) in [6.07, 6.45) is 4.77. The zero-order chi connectivity index (χ0) is 14.8. The standard InChI is InChI=1S/C16H18Br2N2S/c1-2-8-19-13-4-3-5-14-15(13)21-16(20-14)10-6-7-11(17)12(18)9-10/h6-7,9,13,19H,2-5,8H2,1H3. The molecule has 1 aromatic heterocycles. The number of nitrogens with zero attached hydrogens (tertiary/aromatic N) is 1. The van der Waals surface area contributed by atoms with Crippen LogP contribution < -0.4 is 5.32 Å². The Kier molecular flexibility index (Phi) is 5.15. The fourth-order valence-corrected chi connectivity index (χ4v) is 4.53. The molecule has 1 aliphatic rings. The van der Waals surface area contributed by atoms with Crippen molar-refractivity contribution >= 4 is 43.2 Å². The second-order valence-corrected chi connectivity index (χ2v) is 8.10. The predicted octanol–water partition coefficient (Wildman–Crippen LogP) is 5.71. The molecule has 0 aliphatic heterocycles. The van der Waals surface area contributed by atoms with E-state index < -0.39 is 0 Å². The number of fused-ring (bicyclic) bond motifs is 1. The van der Waals surface area contributed by atoms with Crippen LogP contribution in [0.15, 0.2) is 27.1 Å². The predicted molar refractivity (Wildman–Crippen MR) is 96.9 cm³/mol. The number of thiazole rings is 1. The van der Waals surface area contributed by atoms with E-state index >= 15 is 0 Å². The summed E-state index contributed by atoms with van der Waals surface area (Å²) in [5.41, 5.74) is 2.49. The van der Waals surface area contributed by atoms with Gasteiger partial charge in [0.2, 0.25) is 0 Å². The van der Waals surface area contributed by atoms with E-state index in [9.17, 15) is 0 Å². The molecule has 0 bridgehead atoms. The summed E-state index contributed by atoms with van der Waals surface area (Å²) in [6.45, 7) is 3.30. The molecule has 3 rings (SSSR count). The average Bonchev–Trinajstić information content (AvgIpc) is 2.92. The van der Waals surface area contributed by atoms with Gasteiger partial charge in [-0.3, -0.25) is 0 Å². The Labute approximate surface area is 146 Å². The molecule has 21 heavy (non-hydrogen) atoms. The fourth-order valence-electron chi connectivity index (χ4n) is 2.69. The molecule has 5 heteroatoms. The molecule has 0 radical (unpaired) electrons. The van der Waals surface area contributed by atoms with Gasteiger partial charge in [-0.1, -0.05) is 13.0 Å². The Morgan fingerprint density at radius 3 is 2.95 bits per heavy atom. The lowest BCUT2D eigenvalue weighted by molar-refractivity contribution is 0.465. The minimum Gasteiger partial charge on any atom is -0.309 e. The molecule has 1 unspecified atom stereocenters. The molecule has 0 spiro atoms. The minimum absolute atomic E-state index is 0.499. The topological polar surface area (TPSA) is 24.9 Å². The highest BCUT2D eigenvalue weighted by Gasteiger charge is 2.24. The number of halogens is 2. The van der Waals surface area contributed by atoms with Crippen molar-refractivity contribution in [3.05, 3.63) is 37.7 Å². The van der Waals surface area contributed by atoms with Gasteiger partial charge in [0.1, 0.15) is 5.01 Å². The van der Waals surface area contributed by atoms with Gasteiger partial charge in [0.05, 0.1) is 5.69 Å². The number of nitrogens with one attached hydrogen (secondary N) is 1. The zero-order valence-electron chi connectivity index (χ0n) is 12.0. The maximum atomic E-state index is 4.89. The molecule has 0 saturated carbocycles. The van der Waals surface area contributed by atoms with E-state index in [2.05, 4.69) is 62.3 Å². The maximum absolute atomic E-state index is 4.89. The third-order valence-electron chi connectivity index (χ3n) is 3.76. The van der Waals surface area contributed by atoms with Gasteiger partial charge in [-0.05, 0) is 76.2 Å². The molecule has 1 heterocycles. The van der Waals surface area contributed by atoms with Crippen LogP contribution in [0.1, 0.15) is 42.8 Å². The van der Waals surface area contributed by atoms with Crippen LogP contribution in [0.2, 0.25) is 0 Å². The molecule has 0 amide bonds. The van der Waals surface area contributed by atoms with Crippen molar-refractivity contribution in [3.63, 3.8) is 0 Å². The normalized spacial score (nSPS) is 17.8. The van der Waals surface area contributed by atoms with Crippen molar-refractivity contribution in [3.8, 4) is 10.6 Å². The third kappa shape index (κ3) is 3.41. The van der Waals surface area contributed by atoms with Crippen LogP contribution in [-0.4, -0.2) is 11.5 Å². The van der Waals surface area contributed by atoms with Gasteiger partial charge >= 0.3 is 0 Å². The first kappa shape index (κ1) is 15.7. The molecule has 2 aromatic rings. The van der Waals surface area contributed by atoms with Gasteiger partial charge in [-0.25, -0.2) is 4.98 Å². The van der Waals surface area contributed by atoms with Gasteiger partial charge in [0, 0.05) is 25.4 Å². The summed E-state index contributed by atoms with van der Waals surface area (Å²) in [7, 11) is 0. The van der Waals surface area contributed by atoms with Gasteiger partial charge in [-0.15, -0.1) is 11.3 Å². The number of rotatable bonds is 4. The molecule has 1 aliphatic carbocycles. The lowest BCUT2D eigenvalue weighted by Gasteiger charge is -2.22. The highest BCUT2D eigenvalue weighted by atomic mass is 79.9. The molecule has 2 nitrogen and oxygen atoms in total. The highest BCUT2D eigenvalue weighted by molar-refractivity contribution is 9.13. The molecule has 112 valence electrons. The number of aryl methyl sites for hydroxylation is 1. The van der Waals surface area contributed by atoms with Crippen LogP contribution in [-0.2, 0) is 6.42 Å². The first-order valence-corrected chi connectivity index (χ1v) is 9.77. The first-order chi connectivity index (χ1) is 10.2. The zero-order valence-corrected chi connectivity index (χ0v) is 15.9. The van der Waals surface area contributed by atoms with Gasteiger partial charge < -0.3 is 5.32 Å². The average molecular weight is 430 g/mol. The molecule has 0 saturated heterocycles. The molecule has 1 N–H and O–H groups in total. The molecule has 0 fully saturated rings. The third-order valence-corrected chi connectivity index (χ3v) is 6.90. The van der Waals surface area contributed by atoms with Crippen LogP contribution in [0.4, 0.5) is 0 Å². The Bertz CT molecular complexity index is 639. The summed E-state index contributed by atoms with van der Waals surface area (Å²) >= 11 is 8.95. The van der Waals surface area contributed by atoms with Crippen LogP contribution in [0.25, 0.3) is 10.6 Å². The van der Waals surface area contributed by atoms with Gasteiger partial charge in [-0.2, -0.15) is 0 Å². The lowest BCUT2D eigenvalue weighted by Crippen LogP contribution is -2.24. The van der Waals surface area contributed by atoms with E-state index in [-0.39, 0.29) is 0 Å². The summed E-state index contributed by atoms with van der Waals surface area (Å²) in [5.74, 6) is 0. The van der Waals surface area contributed by atoms with E-state index in [0.29, 0.717) is 6.04 Å². The second kappa shape index (κ2) is 6.90. The maximum Gasteiger partial charge on any atom is 0.123 e. The van der Waals surface area contributed by atoms with Crippen molar-refractivity contribution in [1.82, 2.24) is 10.3 Å². The number of hydrogen-bond acceptors (Lipinski definition) is 3. The van der Waals surface area contributed by atoms with Gasteiger partial charge in [0.15, 0.2) is 0 Å². The molecular weight excluding hydrogens is 412 g/mol. The largest absolute Gasteiger partial charge is 0.309 e. The second-order valence-electron chi connectivity index (χ2n) is 5.36. The van der Waals surface area contributed by atoms with Gasteiger partial charge in [0.25, 0.3) is 0 Å². The first-order valence-electron chi connectivity index (χ1n) is 7.37. The highest BCUT2D eigenvalue weighted by Crippen LogP contribution is 2.39. The van der Waals surface area contributed by atoms with E-state index in [1.54, 1.807) is 0 Å². The quantitative estimate of drug-likeness (QED) is 0.672. The van der Waals surface area contributed by atoms with E-state index in [4.69, 9.17) is 4.98 Å². The van der Waals surface area contributed by atoms with E-state index in [1.165, 1.54) is 35.4 Å². The summed E-state index contributed by atoms with van der Waals surface area (Å²) in [5, 5.41) is 4.80. The summed E-state index contributed by atoms with van der Waals surface area (Å²) in [4.78, 5) is 6.34. The monoisotopic (exact) mass is 428 g/mol. The SMILES string of the molecule is CCCNC1CCCc2nc(-c3ccc(Br)c(Br)c3)sc21. The Morgan fingerprint density at radius 1 is 1.33 bits per heavy atom. The number of aromatic nitrogens is 1. The van der Waals surface area contributed by atoms with Crippen LogP contribution in [0.3, 0.4) is 0 Å². The van der Waals surface area contributed by atoms with Crippen molar-refractivity contribution in [2.24, 2.45) is 0 Å². The number of hydrogen-bond donors (Lipinski definition) is 1. The molecular formula is C16H18Br2N2S. The number of benzene rings is 1. The minimum atomic E-state index is 0.499. The van der Waals surface area contributed by atoms with Crippen molar-refractivity contribution < 1.29 is 0 Å². The van der Waals surface area contributed by atoms with E-state index in [1.807, 2.05) is 11.3 Å². The summed E-state index contributed by atoms with van der Waals surface area (Å²) < 4.78 is 2.16. The van der Waals surface area contributed by atoms with Crippen LogP contribution >= 0.6 is 43.2 Å². The fraction of sp³-hybridized carbons (Fsp3) is 0.438. The van der Waals surface area contributed by atoms with Crippen molar-refractivity contribution in [2.75, 3.05) is 6.54 Å². The Balaban J connectivity index is 1.91. The van der Waals surface area contributed by atoms with Crippen LogP contribution in [0.5, 0.6) is 0 Å². The van der Waals surface area contributed by atoms with Crippen molar-refractivity contribution in [2.45, 2.75) is 38.6 Å². The smallest absolute Gasteiger partial charge is 0.123 e. The van der Waals surface area contributed by atoms with Crippen molar-refractivity contribution in [1.29, 1.82) is 0 Å². The van der Waals surface area contributed by atoms with E-state index in [0.717, 1.165) is 26.9 Å². The molecule has 1 aromatic carbocycles. The lowest BCUT2D eigenvalue weighted by atomic mass is 9.98. The summed E-state index contributed by atoms with van der Waals surface area (Å²) in [6, 6.07) is 6.85. The Hall–Kier alpha value is -0.230.